The first-order valence-electron chi connectivity index (χ1n) is 9.10. The summed E-state index contributed by atoms with van der Waals surface area (Å²) in [7, 11) is 1.78. The Balaban J connectivity index is 1.48. The Bertz CT molecular complexity index is 922. The summed E-state index contributed by atoms with van der Waals surface area (Å²) >= 11 is 1.60. The molecule has 0 aliphatic heterocycles. The molecule has 5 nitrogen and oxygen atoms in total. The summed E-state index contributed by atoms with van der Waals surface area (Å²) in [5.41, 5.74) is 2.62. The van der Waals surface area contributed by atoms with Crippen LogP contribution in [-0.4, -0.2) is 36.0 Å². The number of amides is 1. The first-order valence-corrected chi connectivity index (χ1v) is 9.98. The fourth-order valence-electron chi connectivity index (χ4n) is 2.66. The number of hydrogen-bond acceptors (Lipinski definition) is 5. The molecule has 0 aliphatic rings. The smallest absolute Gasteiger partial charge is 0.253 e. The monoisotopic (exact) mass is 396 g/mol. The summed E-state index contributed by atoms with van der Waals surface area (Å²) in [6.07, 6.45) is 0. The lowest BCUT2D eigenvalue weighted by Crippen LogP contribution is -2.30. The second-order valence-corrected chi connectivity index (χ2v) is 7.57. The van der Waals surface area contributed by atoms with Crippen LogP contribution in [0.2, 0.25) is 0 Å². The molecular formula is C22H24N2O3S. The van der Waals surface area contributed by atoms with E-state index in [0.29, 0.717) is 31.1 Å². The number of rotatable bonds is 8. The number of likely N-dealkylation sites (N-methyl/N-ethyl adjacent to an activating group) is 1. The van der Waals surface area contributed by atoms with Crippen LogP contribution >= 0.6 is 11.3 Å². The maximum Gasteiger partial charge on any atom is 0.253 e. The average molecular weight is 397 g/mol. The lowest BCUT2D eigenvalue weighted by atomic mass is 10.2. The van der Waals surface area contributed by atoms with Gasteiger partial charge in [0, 0.05) is 18.0 Å². The summed E-state index contributed by atoms with van der Waals surface area (Å²) < 4.78 is 11.5. The molecule has 1 amide bonds. The molecule has 0 spiro atoms. The van der Waals surface area contributed by atoms with Crippen LogP contribution in [0.4, 0.5) is 0 Å². The number of thiazole rings is 1. The van der Waals surface area contributed by atoms with Crippen LogP contribution in [0.1, 0.15) is 26.6 Å². The van der Waals surface area contributed by atoms with Crippen LogP contribution in [0, 0.1) is 13.8 Å². The number of aryl methyl sites for hydroxylation is 2. The number of benzene rings is 2. The minimum Gasteiger partial charge on any atom is -0.491 e. The molecule has 0 unspecified atom stereocenters. The van der Waals surface area contributed by atoms with Gasteiger partial charge in [-0.2, -0.15) is 0 Å². The molecule has 1 aromatic heterocycles. The number of hydrogen-bond donors (Lipinski definition) is 0. The van der Waals surface area contributed by atoms with Crippen LogP contribution < -0.4 is 9.47 Å². The molecule has 3 rings (SSSR count). The Labute approximate surface area is 169 Å². The van der Waals surface area contributed by atoms with E-state index in [1.54, 1.807) is 35.4 Å². The highest BCUT2D eigenvalue weighted by Crippen LogP contribution is 2.17. The lowest BCUT2D eigenvalue weighted by Gasteiger charge is -2.18. The third-order valence-corrected chi connectivity index (χ3v) is 5.10. The summed E-state index contributed by atoms with van der Waals surface area (Å²) in [5, 5.41) is 3.01. The topological polar surface area (TPSA) is 51.7 Å². The van der Waals surface area contributed by atoms with E-state index in [1.807, 2.05) is 55.6 Å². The Morgan fingerprint density at radius 3 is 2.50 bits per heavy atom. The van der Waals surface area contributed by atoms with Crippen molar-refractivity contribution >= 4 is 17.2 Å². The zero-order chi connectivity index (χ0) is 19.9. The number of carbonyl (C=O) groups is 1. The van der Waals surface area contributed by atoms with Crippen molar-refractivity contribution in [2.45, 2.75) is 20.5 Å². The van der Waals surface area contributed by atoms with Crippen molar-refractivity contribution in [2.75, 3.05) is 20.2 Å². The molecule has 0 atom stereocenters. The molecule has 0 saturated heterocycles. The summed E-state index contributed by atoms with van der Waals surface area (Å²) in [4.78, 5) is 18.6. The van der Waals surface area contributed by atoms with Crippen molar-refractivity contribution < 1.29 is 14.3 Å². The van der Waals surface area contributed by atoms with E-state index in [4.69, 9.17) is 9.47 Å². The number of carbonyl (C=O) groups excluding carboxylic acids is 1. The van der Waals surface area contributed by atoms with Gasteiger partial charge in [0.05, 0.1) is 17.2 Å². The molecule has 0 bridgehead atoms. The number of ether oxygens (including phenoxy) is 2. The van der Waals surface area contributed by atoms with Crippen LogP contribution in [0.5, 0.6) is 11.5 Å². The molecule has 0 radical (unpaired) electrons. The zero-order valence-electron chi connectivity index (χ0n) is 16.3. The van der Waals surface area contributed by atoms with E-state index in [-0.39, 0.29) is 5.91 Å². The van der Waals surface area contributed by atoms with Gasteiger partial charge in [-0.05, 0) is 49.7 Å². The maximum absolute atomic E-state index is 12.6. The van der Waals surface area contributed by atoms with Crippen LogP contribution in [0.25, 0.3) is 0 Å². The van der Waals surface area contributed by atoms with Gasteiger partial charge in [-0.1, -0.05) is 18.2 Å². The normalized spacial score (nSPS) is 10.5. The van der Waals surface area contributed by atoms with Crippen LogP contribution in [0.3, 0.4) is 0 Å². The first-order chi connectivity index (χ1) is 13.5. The Kier molecular flexibility index (Phi) is 6.66. The van der Waals surface area contributed by atoms with E-state index in [9.17, 15) is 4.79 Å². The van der Waals surface area contributed by atoms with Crippen LogP contribution in [0.15, 0.2) is 53.9 Å². The number of aromatic nitrogens is 1. The second-order valence-electron chi connectivity index (χ2n) is 6.51. The third kappa shape index (κ3) is 5.33. The van der Waals surface area contributed by atoms with Crippen molar-refractivity contribution in [3.63, 3.8) is 0 Å². The van der Waals surface area contributed by atoms with Gasteiger partial charge in [0.25, 0.3) is 5.91 Å². The maximum atomic E-state index is 12.6. The standard InChI is InChI=1S/C22H24N2O3S/c1-16-6-4-5-7-21(16)26-13-12-24(3)22(25)18-8-10-20(11-9-18)27-14-19-15-28-17(2)23-19/h4-11,15H,12-14H2,1-3H3. The molecular weight excluding hydrogens is 372 g/mol. The predicted octanol–water partition coefficient (Wildman–Crippen LogP) is 4.49. The average Bonchev–Trinajstić information content (AvgIpc) is 3.13. The van der Waals surface area contributed by atoms with Crippen molar-refractivity contribution in [3.8, 4) is 11.5 Å². The molecule has 0 N–H and O–H groups in total. The van der Waals surface area contributed by atoms with Gasteiger partial charge in [0.1, 0.15) is 24.7 Å². The largest absolute Gasteiger partial charge is 0.491 e. The highest BCUT2D eigenvalue weighted by Gasteiger charge is 2.12. The highest BCUT2D eigenvalue weighted by molar-refractivity contribution is 7.09. The Hall–Kier alpha value is -2.86. The quantitative estimate of drug-likeness (QED) is 0.563. The van der Waals surface area contributed by atoms with Crippen LogP contribution in [-0.2, 0) is 6.61 Å². The first kappa shape index (κ1) is 19.9. The van der Waals surface area contributed by atoms with Gasteiger partial charge in [-0.25, -0.2) is 4.98 Å². The van der Waals surface area contributed by atoms with Crippen molar-refractivity contribution in [2.24, 2.45) is 0 Å². The van der Waals surface area contributed by atoms with Crippen molar-refractivity contribution in [1.29, 1.82) is 0 Å². The fraction of sp³-hybridized carbons (Fsp3) is 0.273. The van der Waals surface area contributed by atoms with Gasteiger partial charge in [0.2, 0.25) is 0 Å². The van der Waals surface area contributed by atoms with Gasteiger partial charge >= 0.3 is 0 Å². The Morgan fingerprint density at radius 1 is 1.07 bits per heavy atom. The second kappa shape index (κ2) is 9.37. The van der Waals surface area contributed by atoms with Gasteiger partial charge < -0.3 is 14.4 Å². The molecule has 28 heavy (non-hydrogen) atoms. The van der Waals surface area contributed by atoms with E-state index < -0.39 is 0 Å². The molecule has 3 aromatic rings. The third-order valence-electron chi connectivity index (χ3n) is 4.28. The zero-order valence-corrected chi connectivity index (χ0v) is 17.2. The summed E-state index contributed by atoms with van der Waals surface area (Å²) in [6.45, 7) is 5.35. The molecule has 0 saturated carbocycles. The van der Waals surface area contributed by atoms with Crippen molar-refractivity contribution in [1.82, 2.24) is 9.88 Å². The fourth-order valence-corrected chi connectivity index (χ4v) is 3.26. The molecule has 0 aliphatic carbocycles. The molecule has 1 heterocycles. The van der Waals surface area contributed by atoms with Gasteiger partial charge in [0.15, 0.2) is 0 Å². The molecule has 2 aromatic carbocycles. The lowest BCUT2D eigenvalue weighted by molar-refractivity contribution is 0.0773. The number of nitrogens with zero attached hydrogens (tertiary/aromatic N) is 2. The van der Waals surface area contributed by atoms with E-state index >= 15 is 0 Å². The predicted molar refractivity (Wildman–Crippen MR) is 111 cm³/mol. The van der Waals surface area contributed by atoms with Gasteiger partial charge in [-0.15, -0.1) is 11.3 Å². The molecule has 146 valence electrons. The summed E-state index contributed by atoms with van der Waals surface area (Å²) in [5.74, 6) is 1.52. The van der Waals surface area contributed by atoms with E-state index in [2.05, 4.69) is 4.98 Å². The van der Waals surface area contributed by atoms with Crippen molar-refractivity contribution in [3.05, 3.63) is 75.7 Å². The minimum atomic E-state index is -0.0462. The highest BCUT2D eigenvalue weighted by atomic mass is 32.1. The molecule has 6 heteroatoms. The van der Waals surface area contributed by atoms with E-state index in [0.717, 1.165) is 22.0 Å². The number of para-hydroxylation sites is 1. The SMILES string of the molecule is Cc1nc(COc2ccc(C(=O)N(C)CCOc3ccccc3C)cc2)cs1. The van der Waals surface area contributed by atoms with E-state index in [1.165, 1.54) is 0 Å². The molecule has 0 fully saturated rings. The summed E-state index contributed by atoms with van der Waals surface area (Å²) in [6, 6.07) is 15.0. The minimum absolute atomic E-state index is 0.0462. The Morgan fingerprint density at radius 2 is 1.82 bits per heavy atom. The van der Waals surface area contributed by atoms with Gasteiger partial charge in [-0.3, -0.25) is 4.79 Å².